The van der Waals surface area contributed by atoms with Gasteiger partial charge in [0.15, 0.2) is 0 Å². The second-order valence-electron chi connectivity index (χ2n) is 3.98. The molecule has 0 unspecified atom stereocenters. The molecule has 0 aromatic carbocycles. The molecule has 16 heavy (non-hydrogen) atoms. The normalized spacial score (nSPS) is 12.5. The van der Waals surface area contributed by atoms with Crippen LogP contribution >= 0.6 is 0 Å². The molecular formula is C12H18N2O2. The van der Waals surface area contributed by atoms with E-state index in [-0.39, 0.29) is 12.1 Å². The summed E-state index contributed by atoms with van der Waals surface area (Å²) in [5, 5.41) is 0. The zero-order chi connectivity index (χ0) is 12.0. The predicted octanol–water partition coefficient (Wildman–Crippen LogP) is 1.64. The van der Waals surface area contributed by atoms with E-state index in [9.17, 15) is 4.79 Å². The highest BCUT2D eigenvalue weighted by Gasteiger charge is 2.14. The summed E-state index contributed by atoms with van der Waals surface area (Å²) in [5.41, 5.74) is 0.944. The molecule has 4 heteroatoms. The van der Waals surface area contributed by atoms with Crippen LogP contribution in [-0.4, -0.2) is 36.5 Å². The van der Waals surface area contributed by atoms with E-state index in [2.05, 4.69) is 9.88 Å². The first-order valence-corrected chi connectivity index (χ1v) is 5.31. The van der Waals surface area contributed by atoms with Crippen LogP contribution in [0, 0.1) is 0 Å². The van der Waals surface area contributed by atoms with Crippen molar-refractivity contribution in [3.63, 3.8) is 0 Å². The predicted molar refractivity (Wildman–Crippen MR) is 61.9 cm³/mol. The summed E-state index contributed by atoms with van der Waals surface area (Å²) in [6.45, 7) is 2.30. The minimum atomic E-state index is -0.257. The highest BCUT2D eigenvalue weighted by atomic mass is 16.5. The fourth-order valence-electron chi connectivity index (χ4n) is 1.44. The van der Waals surface area contributed by atoms with Crippen LogP contribution in [0.15, 0.2) is 24.5 Å². The van der Waals surface area contributed by atoms with Gasteiger partial charge in [0.1, 0.15) is 6.10 Å². The molecule has 1 aromatic heterocycles. The summed E-state index contributed by atoms with van der Waals surface area (Å²) in [6, 6.07) is 3.78. The van der Waals surface area contributed by atoms with Crippen molar-refractivity contribution in [2.45, 2.75) is 19.4 Å². The van der Waals surface area contributed by atoms with Crippen LogP contribution < -0.4 is 0 Å². The van der Waals surface area contributed by atoms with Crippen LogP contribution in [0.2, 0.25) is 0 Å². The van der Waals surface area contributed by atoms with Gasteiger partial charge in [-0.05, 0) is 20.2 Å². The number of rotatable bonds is 5. The van der Waals surface area contributed by atoms with Crippen molar-refractivity contribution < 1.29 is 9.53 Å². The zero-order valence-electron chi connectivity index (χ0n) is 10.0. The topological polar surface area (TPSA) is 42.4 Å². The van der Waals surface area contributed by atoms with Gasteiger partial charge in [-0.25, -0.2) is 0 Å². The Morgan fingerprint density at radius 2 is 2.31 bits per heavy atom. The van der Waals surface area contributed by atoms with Gasteiger partial charge in [-0.3, -0.25) is 9.78 Å². The van der Waals surface area contributed by atoms with Crippen molar-refractivity contribution in [1.29, 1.82) is 0 Å². The van der Waals surface area contributed by atoms with Gasteiger partial charge in [0.05, 0.1) is 0 Å². The number of hydrogen-bond acceptors (Lipinski definition) is 4. The van der Waals surface area contributed by atoms with E-state index in [0.717, 1.165) is 18.5 Å². The Balaban J connectivity index is 2.67. The fourth-order valence-corrected chi connectivity index (χ4v) is 1.44. The third-order valence-electron chi connectivity index (χ3n) is 2.20. The molecule has 0 aliphatic rings. The lowest BCUT2D eigenvalue weighted by Gasteiger charge is -2.19. The van der Waals surface area contributed by atoms with Crippen LogP contribution in [0.5, 0.6) is 0 Å². The molecule has 88 valence electrons. The Morgan fingerprint density at radius 1 is 1.56 bits per heavy atom. The molecule has 0 spiro atoms. The van der Waals surface area contributed by atoms with E-state index in [1.165, 1.54) is 6.92 Å². The Morgan fingerprint density at radius 3 is 2.81 bits per heavy atom. The number of aromatic nitrogens is 1. The Hall–Kier alpha value is -1.42. The van der Waals surface area contributed by atoms with Crippen molar-refractivity contribution >= 4 is 5.97 Å². The summed E-state index contributed by atoms with van der Waals surface area (Å²) in [4.78, 5) is 17.1. The first kappa shape index (κ1) is 12.6. The largest absolute Gasteiger partial charge is 0.458 e. The van der Waals surface area contributed by atoms with Gasteiger partial charge in [0.2, 0.25) is 0 Å². The van der Waals surface area contributed by atoms with Gasteiger partial charge < -0.3 is 9.64 Å². The highest BCUT2D eigenvalue weighted by Crippen LogP contribution is 2.20. The average Bonchev–Trinajstić information content (AvgIpc) is 2.25. The molecule has 1 aromatic rings. The number of nitrogens with zero attached hydrogens (tertiary/aromatic N) is 2. The zero-order valence-corrected chi connectivity index (χ0v) is 10.0. The number of ether oxygens (including phenoxy) is 1. The van der Waals surface area contributed by atoms with Crippen molar-refractivity contribution in [1.82, 2.24) is 9.88 Å². The van der Waals surface area contributed by atoms with E-state index in [4.69, 9.17) is 4.74 Å². The first-order valence-electron chi connectivity index (χ1n) is 5.31. The SMILES string of the molecule is CC(=O)O[C@@H](CCN(C)C)c1cccnc1. The van der Waals surface area contributed by atoms with Gasteiger partial charge in [-0.2, -0.15) is 0 Å². The number of carbonyl (C=O) groups excluding carboxylic acids is 1. The molecule has 1 atom stereocenters. The second kappa shape index (κ2) is 6.23. The van der Waals surface area contributed by atoms with Gasteiger partial charge >= 0.3 is 5.97 Å². The van der Waals surface area contributed by atoms with E-state index in [0.29, 0.717) is 0 Å². The molecule has 0 radical (unpaired) electrons. The maximum absolute atomic E-state index is 11.0. The van der Waals surface area contributed by atoms with Crippen LogP contribution in [0.4, 0.5) is 0 Å². The van der Waals surface area contributed by atoms with Crippen molar-refractivity contribution in [2.75, 3.05) is 20.6 Å². The van der Waals surface area contributed by atoms with Gasteiger partial charge in [-0.15, -0.1) is 0 Å². The third kappa shape index (κ3) is 4.40. The summed E-state index contributed by atoms with van der Waals surface area (Å²) in [7, 11) is 3.99. The van der Waals surface area contributed by atoms with Crippen LogP contribution in [0.25, 0.3) is 0 Å². The van der Waals surface area contributed by atoms with Gasteiger partial charge in [0, 0.05) is 37.8 Å². The van der Waals surface area contributed by atoms with Crippen molar-refractivity contribution in [3.8, 4) is 0 Å². The van der Waals surface area contributed by atoms with E-state index < -0.39 is 0 Å². The van der Waals surface area contributed by atoms with Crippen molar-refractivity contribution in [3.05, 3.63) is 30.1 Å². The molecule has 4 nitrogen and oxygen atoms in total. The Kier molecular flexibility index (Phi) is 4.92. The Bertz CT molecular complexity index is 325. The lowest BCUT2D eigenvalue weighted by Crippen LogP contribution is -2.18. The van der Waals surface area contributed by atoms with Gasteiger partial charge in [-0.1, -0.05) is 6.07 Å². The standard InChI is InChI=1S/C12H18N2O2/c1-10(15)16-12(6-8-14(2)3)11-5-4-7-13-9-11/h4-5,7,9,12H,6,8H2,1-3H3/t12-/m0/s1. The monoisotopic (exact) mass is 222 g/mol. The number of esters is 1. The van der Waals surface area contributed by atoms with Crippen LogP contribution in [0.3, 0.4) is 0 Å². The first-order chi connectivity index (χ1) is 7.59. The molecule has 0 aliphatic heterocycles. The molecule has 0 aliphatic carbocycles. The molecule has 0 saturated heterocycles. The molecule has 1 rings (SSSR count). The fraction of sp³-hybridized carbons (Fsp3) is 0.500. The summed E-state index contributed by atoms with van der Waals surface area (Å²) in [5.74, 6) is -0.257. The number of carbonyl (C=O) groups is 1. The van der Waals surface area contributed by atoms with Crippen LogP contribution in [0.1, 0.15) is 25.0 Å². The Labute approximate surface area is 96.2 Å². The summed E-state index contributed by atoms with van der Waals surface area (Å²) in [6.07, 6.45) is 4.02. The molecule has 0 saturated carbocycles. The average molecular weight is 222 g/mol. The molecule has 0 N–H and O–H groups in total. The maximum atomic E-state index is 11.0. The summed E-state index contributed by atoms with van der Waals surface area (Å²) >= 11 is 0. The third-order valence-corrected chi connectivity index (χ3v) is 2.20. The molecule has 0 bridgehead atoms. The lowest BCUT2D eigenvalue weighted by atomic mass is 10.1. The quantitative estimate of drug-likeness (QED) is 0.710. The number of hydrogen-bond donors (Lipinski definition) is 0. The molecule has 0 amide bonds. The minimum absolute atomic E-state index is 0.200. The van der Waals surface area contributed by atoms with E-state index in [1.54, 1.807) is 12.4 Å². The molecular weight excluding hydrogens is 204 g/mol. The molecule has 1 heterocycles. The molecule has 0 fully saturated rings. The highest BCUT2D eigenvalue weighted by molar-refractivity contribution is 5.66. The smallest absolute Gasteiger partial charge is 0.303 e. The number of pyridine rings is 1. The van der Waals surface area contributed by atoms with Crippen molar-refractivity contribution in [2.24, 2.45) is 0 Å². The van der Waals surface area contributed by atoms with E-state index in [1.807, 2.05) is 26.2 Å². The maximum Gasteiger partial charge on any atom is 0.303 e. The van der Waals surface area contributed by atoms with E-state index >= 15 is 0 Å². The second-order valence-corrected chi connectivity index (χ2v) is 3.98. The minimum Gasteiger partial charge on any atom is -0.458 e. The summed E-state index contributed by atoms with van der Waals surface area (Å²) < 4.78 is 5.28. The lowest BCUT2D eigenvalue weighted by molar-refractivity contribution is -0.147. The van der Waals surface area contributed by atoms with Gasteiger partial charge in [0.25, 0.3) is 0 Å². The van der Waals surface area contributed by atoms with Crippen LogP contribution in [-0.2, 0) is 9.53 Å².